The van der Waals surface area contributed by atoms with Crippen LogP contribution in [-0.4, -0.2) is 72.3 Å². The zero-order chi connectivity index (χ0) is 55.1. The Balaban J connectivity index is 1.35. The number of nitrogens with zero attached hydrogens (tertiary/aromatic N) is 1. The predicted molar refractivity (Wildman–Crippen MR) is 322 cm³/mol. The van der Waals surface area contributed by atoms with Gasteiger partial charge in [0, 0.05) is 38.3 Å². The monoisotopic (exact) mass is 1140 g/mol. The number of hydrogen-bond acceptors (Lipinski definition) is 13. The van der Waals surface area contributed by atoms with E-state index in [1.807, 2.05) is 0 Å². The molecule has 2 amide bonds. The number of amides is 2. The maximum absolute atomic E-state index is 14.6. The quantitative estimate of drug-likeness (QED) is 0.0390. The van der Waals surface area contributed by atoms with E-state index in [0.717, 1.165) is 133 Å². The standard InChI is InChI=1S/C61H77NO10S5/c1-10-18-22-34(14-5)30-69-48-38-26-42(73-52(38)50(71-32-36(16-7)24-20-12-3)40-28-44(60(65)66)75-54(40)48)56-46-47(59(64)62(9)58(46)63)57(77-56)43-27-39-49(70-31-35(15-6)23-19-11-2)55-41(29-45(76-55)61(67)68)51(53(39)74-43)72-33-37(17-8)25-21-13-4/h26-29,34-37H,10-25,30-33H2,1-9H3,(H,65,66)(H,67,68). The lowest BCUT2D eigenvalue weighted by Crippen LogP contribution is -2.24. The Morgan fingerprint density at radius 1 is 0.455 bits per heavy atom. The average molecular weight is 1140 g/mol. The molecule has 2 N–H and O–H groups in total. The van der Waals surface area contributed by atoms with Crippen molar-refractivity contribution in [2.75, 3.05) is 33.5 Å². The second kappa shape index (κ2) is 26.5. The molecule has 16 heteroatoms. The summed E-state index contributed by atoms with van der Waals surface area (Å²) in [5.41, 5.74) is 0.696. The summed E-state index contributed by atoms with van der Waals surface area (Å²) >= 11 is 6.77. The molecule has 0 aliphatic carbocycles. The third-order valence-corrected chi connectivity index (χ3v) is 21.6. The van der Waals surface area contributed by atoms with Crippen LogP contribution in [0.1, 0.15) is 198 Å². The van der Waals surface area contributed by atoms with Crippen molar-refractivity contribution >= 4 is 121 Å². The van der Waals surface area contributed by atoms with Gasteiger partial charge in [-0.15, -0.1) is 56.7 Å². The van der Waals surface area contributed by atoms with Crippen LogP contribution in [-0.2, 0) is 0 Å². The number of carbonyl (C=O) groups excluding carboxylic acids is 2. The van der Waals surface area contributed by atoms with E-state index in [1.165, 1.54) is 68.6 Å². The van der Waals surface area contributed by atoms with Crippen LogP contribution in [0.25, 0.3) is 59.9 Å². The fraction of sp³-hybridized carbons (Fsp3) is 0.541. The number of aromatic carboxylic acids is 2. The summed E-state index contributed by atoms with van der Waals surface area (Å²) < 4.78 is 30.7. The molecule has 416 valence electrons. The van der Waals surface area contributed by atoms with Crippen molar-refractivity contribution in [1.82, 2.24) is 4.90 Å². The smallest absolute Gasteiger partial charge is 0.345 e. The van der Waals surface area contributed by atoms with E-state index in [0.29, 0.717) is 114 Å². The molecule has 1 aliphatic heterocycles. The van der Waals surface area contributed by atoms with Crippen molar-refractivity contribution in [2.45, 2.75) is 158 Å². The number of rotatable bonds is 32. The maximum atomic E-state index is 14.6. The fourth-order valence-corrected chi connectivity index (χ4v) is 16.3. The summed E-state index contributed by atoms with van der Waals surface area (Å²) in [6.07, 6.45) is 16.4. The highest BCUT2D eigenvalue weighted by molar-refractivity contribution is 7.31. The summed E-state index contributed by atoms with van der Waals surface area (Å²) in [4.78, 5) is 58.9. The first-order valence-corrected chi connectivity index (χ1v) is 32.4. The zero-order valence-corrected chi connectivity index (χ0v) is 50.5. The third-order valence-electron chi connectivity index (χ3n) is 15.6. The first-order chi connectivity index (χ1) is 37.2. The normalized spacial score (nSPS) is 14.3. The Morgan fingerprint density at radius 3 is 1.01 bits per heavy atom. The van der Waals surface area contributed by atoms with Crippen molar-refractivity contribution in [1.29, 1.82) is 0 Å². The Morgan fingerprint density at radius 2 is 0.740 bits per heavy atom. The van der Waals surface area contributed by atoms with Crippen LogP contribution in [0.2, 0.25) is 0 Å². The molecule has 0 saturated carbocycles. The number of fused-ring (bicyclic) bond motifs is 5. The van der Waals surface area contributed by atoms with Gasteiger partial charge in [0.1, 0.15) is 32.8 Å². The van der Waals surface area contributed by atoms with Gasteiger partial charge in [-0.3, -0.25) is 14.5 Å². The topological polar surface area (TPSA) is 149 Å². The van der Waals surface area contributed by atoms with Gasteiger partial charge in [0.2, 0.25) is 0 Å². The van der Waals surface area contributed by atoms with Gasteiger partial charge in [0.05, 0.1) is 66.1 Å². The molecular formula is C61H77NO10S5. The molecule has 4 unspecified atom stereocenters. The number of carbonyl (C=O) groups is 4. The molecule has 0 radical (unpaired) electrons. The number of imide groups is 1. The van der Waals surface area contributed by atoms with Gasteiger partial charge < -0.3 is 29.2 Å². The molecule has 7 aromatic rings. The molecule has 0 bridgehead atoms. The lowest BCUT2D eigenvalue weighted by atomic mass is 10.0. The predicted octanol–water partition coefficient (Wildman–Crippen LogP) is 18.9. The molecule has 5 aromatic heterocycles. The Hall–Kier alpha value is -4.74. The minimum absolute atomic E-state index is 0.201. The van der Waals surface area contributed by atoms with Crippen molar-refractivity contribution in [3.63, 3.8) is 0 Å². The van der Waals surface area contributed by atoms with E-state index in [1.54, 1.807) is 12.1 Å². The first-order valence-electron chi connectivity index (χ1n) is 28.3. The number of ether oxygens (including phenoxy) is 4. The van der Waals surface area contributed by atoms with Crippen LogP contribution in [0.3, 0.4) is 0 Å². The number of carboxylic acids is 2. The molecule has 1 aliphatic rings. The molecule has 11 nitrogen and oxygen atoms in total. The van der Waals surface area contributed by atoms with Crippen molar-refractivity contribution < 1.29 is 48.3 Å². The van der Waals surface area contributed by atoms with Gasteiger partial charge in [-0.05, 0) is 73.6 Å². The minimum atomic E-state index is -1.01. The van der Waals surface area contributed by atoms with Crippen molar-refractivity contribution in [3.8, 4) is 42.5 Å². The second-order valence-electron chi connectivity index (χ2n) is 20.9. The maximum Gasteiger partial charge on any atom is 0.345 e. The van der Waals surface area contributed by atoms with Crippen LogP contribution in [0.5, 0.6) is 23.0 Å². The number of unbranched alkanes of at least 4 members (excludes halogenated alkanes) is 4. The number of benzene rings is 2. The van der Waals surface area contributed by atoms with E-state index < -0.39 is 11.9 Å². The van der Waals surface area contributed by atoms with E-state index >= 15 is 0 Å². The largest absolute Gasteiger partial charge is 0.491 e. The summed E-state index contributed by atoms with van der Waals surface area (Å²) in [6, 6.07) is 7.54. The Bertz CT molecular complexity index is 2870. The van der Waals surface area contributed by atoms with Crippen molar-refractivity contribution in [2.24, 2.45) is 23.7 Å². The number of thiophene rings is 5. The number of carboxylic acid groups (broad SMARTS) is 2. The molecular weight excluding hydrogens is 1070 g/mol. The van der Waals surface area contributed by atoms with E-state index in [2.05, 4.69) is 67.5 Å². The molecule has 2 aromatic carbocycles. The first kappa shape index (κ1) is 58.4. The molecule has 8 rings (SSSR count). The van der Waals surface area contributed by atoms with Crippen molar-refractivity contribution in [3.05, 3.63) is 45.1 Å². The average Bonchev–Trinajstić information content (AvgIpc) is 4.49. The van der Waals surface area contributed by atoms with E-state index in [4.69, 9.17) is 18.9 Å². The van der Waals surface area contributed by atoms with Gasteiger partial charge in [-0.2, -0.15) is 0 Å². The Kier molecular flexibility index (Phi) is 20.1. The molecule has 6 heterocycles. The molecule has 0 saturated heterocycles. The highest BCUT2D eigenvalue weighted by Crippen LogP contribution is 2.57. The lowest BCUT2D eigenvalue weighted by Gasteiger charge is -2.19. The highest BCUT2D eigenvalue weighted by atomic mass is 32.1. The summed E-state index contributed by atoms with van der Waals surface area (Å²) in [5.74, 6) is 0.863. The van der Waals surface area contributed by atoms with Gasteiger partial charge in [0.25, 0.3) is 11.8 Å². The van der Waals surface area contributed by atoms with Gasteiger partial charge in [-0.25, -0.2) is 9.59 Å². The van der Waals surface area contributed by atoms with Crippen LogP contribution in [0, 0.1) is 23.7 Å². The molecule has 77 heavy (non-hydrogen) atoms. The van der Waals surface area contributed by atoms with Crippen LogP contribution in [0.4, 0.5) is 0 Å². The number of hydrogen-bond donors (Lipinski definition) is 2. The summed E-state index contributed by atoms with van der Waals surface area (Å²) in [5, 5.41) is 23.7. The fourth-order valence-electron chi connectivity index (χ4n) is 10.4. The second-order valence-corrected chi connectivity index (χ2v) is 26.2. The summed E-state index contributed by atoms with van der Waals surface area (Å²) in [6.45, 7) is 19.3. The SMILES string of the molecule is CCCCC(CC)COc1c2cc(-c3sc(-c4cc5c(OCC(CC)CCCC)c6sc(C(=O)O)cc6c(OCC(CC)CCCC)c5s4)c4c3C(=O)N(C)C4=O)sc2c(OCC(CC)CCCC)c2cc(C(=O)O)sc12. The lowest BCUT2D eigenvalue weighted by molar-refractivity contribution is 0.0682. The molecule has 4 atom stereocenters. The van der Waals surface area contributed by atoms with E-state index in [9.17, 15) is 29.4 Å². The van der Waals surface area contributed by atoms with Crippen LogP contribution >= 0.6 is 56.7 Å². The zero-order valence-electron chi connectivity index (χ0n) is 46.4. The van der Waals surface area contributed by atoms with Crippen LogP contribution < -0.4 is 18.9 Å². The van der Waals surface area contributed by atoms with Gasteiger partial charge in [-0.1, -0.05) is 132 Å². The third kappa shape index (κ3) is 12.2. The molecule has 0 fully saturated rings. The highest BCUT2D eigenvalue weighted by Gasteiger charge is 2.42. The Labute approximate surface area is 473 Å². The van der Waals surface area contributed by atoms with E-state index in [-0.39, 0.29) is 21.6 Å². The van der Waals surface area contributed by atoms with Gasteiger partial charge in [0.15, 0.2) is 0 Å². The van der Waals surface area contributed by atoms with Gasteiger partial charge >= 0.3 is 11.9 Å². The summed E-state index contributed by atoms with van der Waals surface area (Å²) in [7, 11) is 1.54. The van der Waals surface area contributed by atoms with Crippen LogP contribution in [0.15, 0.2) is 24.3 Å². The minimum Gasteiger partial charge on any atom is -0.491 e. The molecule has 0 spiro atoms.